The lowest BCUT2D eigenvalue weighted by Gasteiger charge is -2.19. The van der Waals surface area contributed by atoms with Crippen LogP contribution in [0.5, 0.6) is 5.75 Å². The monoisotopic (exact) mass is 256 g/mol. The van der Waals surface area contributed by atoms with Gasteiger partial charge >= 0.3 is 5.97 Å². The van der Waals surface area contributed by atoms with Crippen molar-refractivity contribution in [3.8, 4) is 5.75 Å². The van der Waals surface area contributed by atoms with Crippen molar-refractivity contribution in [3.63, 3.8) is 0 Å². The lowest BCUT2D eigenvalue weighted by molar-refractivity contribution is -0.147. The molecule has 1 unspecified atom stereocenters. The van der Waals surface area contributed by atoms with Crippen LogP contribution >= 0.6 is 11.6 Å². The van der Waals surface area contributed by atoms with Crippen molar-refractivity contribution in [2.75, 3.05) is 0 Å². The Labute approximate surface area is 104 Å². The molecule has 1 heterocycles. The molecule has 1 atom stereocenters. The van der Waals surface area contributed by atoms with E-state index in [1.807, 2.05) is 13.8 Å². The van der Waals surface area contributed by atoms with E-state index in [1.165, 1.54) is 6.07 Å². The first-order valence-electron chi connectivity index (χ1n) is 5.22. The van der Waals surface area contributed by atoms with Gasteiger partial charge in [0.25, 0.3) is 0 Å². The molecule has 0 bridgehead atoms. The number of benzene rings is 1. The molecule has 0 aliphatic carbocycles. The number of carboxylic acid groups (broad SMARTS) is 1. The molecule has 2 rings (SSSR count). The molecule has 0 saturated carbocycles. The van der Waals surface area contributed by atoms with Crippen molar-refractivity contribution in [1.29, 1.82) is 0 Å². The summed E-state index contributed by atoms with van der Waals surface area (Å²) < 4.78 is 5.67. The fourth-order valence-electron chi connectivity index (χ4n) is 2.04. The van der Waals surface area contributed by atoms with Crippen molar-refractivity contribution in [2.45, 2.75) is 32.0 Å². The Morgan fingerprint density at radius 3 is 2.76 bits per heavy atom. The predicted molar refractivity (Wildman–Crippen MR) is 62.5 cm³/mol. The number of hydrogen-bond donors (Lipinski definition) is 2. The highest BCUT2D eigenvalue weighted by molar-refractivity contribution is 6.30. The minimum atomic E-state index is -1.61. The largest absolute Gasteiger partial charge is 0.487 e. The van der Waals surface area contributed by atoms with E-state index >= 15 is 0 Å². The summed E-state index contributed by atoms with van der Waals surface area (Å²) >= 11 is 5.91. The Bertz CT molecular complexity index is 482. The van der Waals surface area contributed by atoms with Crippen LogP contribution in [0.3, 0.4) is 0 Å². The highest BCUT2D eigenvalue weighted by Crippen LogP contribution is 2.41. The van der Waals surface area contributed by atoms with E-state index in [9.17, 15) is 9.90 Å². The zero-order valence-corrected chi connectivity index (χ0v) is 10.3. The van der Waals surface area contributed by atoms with Crippen LogP contribution in [0.4, 0.5) is 0 Å². The molecule has 0 fully saturated rings. The molecule has 1 aromatic rings. The zero-order valence-electron chi connectivity index (χ0n) is 9.53. The molecular formula is C12H13ClO4. The second-order valence-corrected chi connectivity index (χ2v) is 5.20. The van der Waals surface area contributed by atoms with Crippen molar-refractivity contribution in [3.05, 3.63) is 28.3 Å². The maximum atomic E-state index is 10.8. The van der Waals surface area contributed by atoms with Gasteiger partial charge < -0.3 is 14.9 Å². The summed E-state index contributed by atoms with van der Waals surface area (Å²) in [5, 5.41) is 18.9. The van der Waals surface area contributed by atoms with Gasteiger partial charge in [-0.05, 0) is 31.5 Å². The van der Waals surface area contributed by atoms with E-state index < -0.39 is 17.7 Å². The van der Waals surface area contributed by atoms with E-state index in [0.717, 1.165) is 5.56 Å². The Morgan fingerprint density at radius 1 is 1.53 bits per heavy atom. The van der Waals surface area contributed by atoms with Crippen molar-refractivity contribution in [1.82, 2.24) is 0 Å². The topological polar surface area (TPSA) is 66.8 Å². The van der Waals surface area contributed by atoms with Gasteiger partial charge in [-0.1, -0.05) is 11.6 Å². The molecule has 0 spiro atoms. The maximum absolute atomic E-state index is 10.8. The van der Waals surface area contributed by atoms with Crippen LogP contribution in [0.25, 0.3) is 0 Å². The Balaban J connectivity index is 2.52. The van der Waals surface area contributed by atoms with Crippen LogP contribution < -0.4 is 4.74 Å². The minimum absolute atomic E-state index is 0.213. The van der Waals surface area contributed by atoms with Gasteiger partial charge in [0.1, 0.15) is 11.4 Å². The molecule has 1 aliphatic rings. The molecule has 17 heavy (non-hydrogen) atoms. The van der Waals surface area contributed by atoms with Crippen LogP contribution in [0.1, 0.15) is 31.1 Å². The Kier molecular flexibility index (Phi) is 2.79. The summed E-state index contributed by atoms with van der Waals surface area (Å²) in [6, 6.07) is 3.17. The molecular weight excluding hydrogens is 244 g/mol. The molecule has 0 saturated heterocycles. The number of hydrogen-bond acceptors (Lipinski definition) is 3. The highest BCUT2D eigenvalue weighted by atomic mass is 35.5. The predicted octanol–water partition coefficient (Wildman–Crippen LogP) is 2.17. The first-order valence-corrected chi connectivity index (χ1v) is 5.60. The van der Waals surface area contributed by atoms with Gasteiger partial charge in [0.15, 0.2) is 6.10 Å². The molecule has 0 radical (unpaired) electrons. The van der Waals surface area contributed by atoms with E-state index in [1.54, 1.807) is 6.07 Å². The summed E-state index contributed by atoms with van der Waals surface area (Å²) in [6.45, 7) is 3.80. The first kappa shape index (κ1) is 12.2. The lowest BCUT2D eigenvalue weighted by Crippen LogP contribution is -2.25. The second kappa shape index (κ2) is 3.89. The van der Waals surface area contributed by atoms with Gasteiger partial charge in [0.2, 0.25) is 0 Å². The average Bonchev–Trinajstić information content (AvgIpc) is 2.49. The number of halogens is 1. The van der Waals surface area contributed by atoms with Crippen LogP contribution in [0.15, 0.2) is 12.1 Å². The number of carbonyl (C=O) groups is 1. The van der Waals surface area contributed by atoms with Crippen LogP contribution in [-0.2, 0) is 11.2 Å². The van der Waals surface area contributed by atoms with Gasteiger partial charge in [-0.2, -0.15) is 0 Å². The number of aliphatic carboxylic acids is 1. The third-order valence-corrected chi connectivity index (χ3v) is 2.90. The normalized spacial score (nSPS) is 18.4. The molecule has 2 N–H and O–H groups in total. The SMILES string of the molecule is CC1(C)Cc2cc(Cl)cc(C(O)C(=O)O)c2O1. The highest BCUT2D eigenvalue weighted by Gasteiger charge is 2.35. The third kappa shape index (κ3) is 2.23. The number of rotatable bonds is 2. The van der Waals surface area contributed by atoms with Crippen LogP contribution in [0, 0.1) is 0 Å². The van der Waals surface area contributed by atoms with Gasteiger partial charge in [-0.3, -0.25) is 0 Å². The first-order chi connectivity index (χ1) is 7.80. The van der Waals surface area contributed by atoms with Crippen LogP contribution in [0.2, 0.25) is 5.02 Å². The van der Waals surface area contributed by atoms with E-state index in [4.69, 9.17) is 21.4 Å². The zero-order chi connectivity index (χ0) is 12.8. The fourth-order valence-corrected chi connectivity index (χ4v) is 2.29. The van der Waals surface area contributed by atoms with Gasteiger partial charge in [0.05, 0.1) is 0 Å². The van der Waals surface area contributed by atoms with Gasteiger partial charge in [-0.25, -0.2) is 4.79 Å². The summed E-state index contributed by atoms with van der Waals surface area (Å²) in [7, 11) is 0. The smallest absolute Gasteiger partial charge is 0.337 e. The molecule has 5 heteroatoms. The number of fused-ring (bicyclic) bond motifs is 1. The molecule has 92 valence electrons. The summed E-state index contributed by atoms with van der Waals surface area (Å²) in [5.41, 5.74) is 0.642. The maximum Gasteiger partial charge on any atom is 0.337 e. The van der Waals surface area contributed by atoms with Crippen molar-refractivity contribution < 1.29 is 19.7 Å². The molecule has 4 nitrogen and oxygen atoms in total. The van der Waals surface area contributed by atoms with Crippen molar-refractivity contribution in [2.24, 2.45) is 0 Å². The molecule has 1 aromatic carbocycles. The number of carboxylic acids is 1. The summed E-state index contributed by atoms with van der Waals surface area (Å²) in [5.74, 6) is -0.878. The van der Waals surface area contributed by atoms with E-state index in [-0.39, 0.29) is 5.56 Å². The summed E-state index contributed by atoms with van der Waals surface area (Å²) in [4.78, 5) is 10.8. The molecule has 1 aliphatic heterocycles. The summed E-state index contributed by atoms with van der Waals surface area (Å²) in [6.07, 6.45) is -0.973. The quantitative estimate of drug-likeness (QED) is 0.851. The Morgan fingerprint density at radius 2 is 2.18 bits per heavy atom. The van der Waals surface area contributed by atoms with E-state index in [0.29, 0.717) is 17.2 Å². The van der Waals surface area contributed by atoms with Gasteiger partial charge in [0, 0.05) is 17.0 Å². The standard InChI is InChI=1S/C12H13ClO4/c1-12(2)5-6-3-7(13)4-8(10(6)17-12)9(14)11(15)16/h3-4,9,14H,5H2,1-2H3,(H,15,16). The van der Waals surface area contributed by atoms with Crippen LogP contribution in [-0.4, -0.2) is 21.8 Å². The molecule has 0 amide bonds. The molecule has 0 aromatic heterocycles. The average molecular weight is 257 g/mol. The lowest BCUT2D eigenvalue weighted by atomic mass is 9.99. The number of aliphatic hydroxyl groups excluding tert-OH is 1. The number of aliphatic hydroxyl groups is 1. The van der Waals surface area contributed by atoms with E-state index in [2.05, 4.69) is 0 Å². The second-order valence-electron chi connectivity index (χ2n) is 4.76. The minimum Gasteiger partial charge on any atom is -0.487 e. The third-order valence-electron chi connectivity index (χ3n) is 2.68. The Hall–Kier alpha value is -1.26. The van der Waals surface area contributed by atoms with Crippen molar-refractivity contribution >= 4 is 17.6 Å². The number of ether oxygens (including phenoxy) is 1. The van der Waals surface area contributed by atoms with Gasteiger partial charge in [-0.15, -0.1) is 0 Å². The fraction of sp³-hybridized carbons (Fsp3) is 0.417.